The molecule has 0 atom stereocenters. The first-order chi connectivity index (χ1) is 11.9. The van der Waals surface area contributed by atoms with E-state index < -0.39 is 16.0 Å². The summed E-state index contributed by atoms with van der Waals surface area (Å²) in [4.78, 5) is 25.8. The Bertz CT molecular complexity index is 784. The highest BCUT2D eigenvalue weighted by Crippen LogP contribution is 2.30. The maximum Gasteiger partial charge on any atom is 0.338 e. The first kappa shape index (κ1) is 17.7. The van der Waals surface area contributed by atoms with E-state index in [4.69, 9.17) is 4.74 Å². The largest absolute Gasteiger partial charge is 0.452 e. The highest BCUT2D eigenvalue weighted by molar-refractivity contribution is 7.92. The van der Waals surface area contributed by atoms with Crippen LogP contribution in [0, 0.1) is 0 Å². The molecule has 0 saturated carbocycles. The van der Waals surface area contributed by atoms with Crippen molar-refractivity contribution < 1.29 is 22.7 Å². The van der Waals surface area contributed by atoms with Gasteiger partial charge in [-0.05, 0) is 49.4 Å². The number of nitrogens with zero attached hydrogens (tertiary/aromatic N) is 2. The summed E-state index contributed by atoms with van der Waals surface area (Å²) in [7, 11) is -3.34. The topological polar surface area (TPSA) is 84.0 Å². The van der Waals surface area contributed by atoms with Gasteiger partial charge in [-0.1, -0.05) is 0 Å². The minimum Gasteiger partial charge on any atom is -0.452 e. The van der Waals surface area contributed by atoms with E-state index in [1.807, 2.05) is 0 Å². The Hall–Kier alpha value is -2.09. The van der Waals surface area contributed by atoms with E-state index in [0.29, 0.717) is 30.6 Å². The number of ether oxygens (including phenoxy) is 1. The number of fused-ring (bicyclic) bond motifs is 1. The molecule has 25 heavy (non-hydrogen) atoms. The third-order valence-corrected chi connectivity index (χ3v) is 5.76. The van der Waals surface area contributed by atoms with E-state index in [1.165, 1.54) is 10.6 Å². The first-order valence-corrected chi connectivity index (χ1v) is 10.3. The number of amides is 1. The number of benzene rings is 1. The summed E-state index contributed by atoms with van der Waals surface area (Å²) < 4.78 is 30.2. The molecule has 136 valence electrons. The molecule has 0 aliphatic carbocycles. The molecule has 1 saturated heterocycles. The molecule has 0 N–H and O–H groups in total. The Kier molecular flexibility index (Phi) is 4.99. The lowest BCUT2D eigenvalue weighted by Gasteiger charge is -2.29. The monoisotopic (exact) mass is 366 g/mol. The molecule has 0 unspecified atom stereocenters. The van der Waals surface area contributed by atoms with Gasteiger partial charge in [0.25, 0.3) is 5.91 Å². The van der Waals surface area contributed by atoms with E-state index in [-0.39, 0.29) is 12.5 Å². The van der Waals surface area contributed by atoms with Crippen molar-refractivity contribution >= 4 is 27.6 Å². The second kappa shape index (κ2) is 7.03. The van der Waals surface area contributed by atoms with Crippen LogP contribution in [-0.4, -0.2) is 57.7 Å². The maximum atomic E-state index is 12.2. The summed E-state index contributed by atoms with van der Waals surface area (Å²) in [6.45, 7) is 1.62. The molecule has 0 aromatic heterocycles. The molecule has 2 heterocycles. The van der Waals surface area contributed by atoms with E-state index in [1.54, 1.807) is 23.1 Å². The fourth-order valence-corrected chi connectivity index (χ4v) is 4.30. The summed E-state index contributed by atoms with van der Waals surface area (Å²) in [5.74, 6) is -0.737. The smallest absolute Gasteiger partial charge is 0.338 e. The maximum absolute atomic E-state index is 12.2. The summed E-state index contributed by atoms with van der Waals surface area (Å²) in [5, 5.41) is 0. The Morgan fingerprint density at radius 3 is 2.52 bits per heavy atom. The minimum atomic E-state index is -3.34. The van der Waals surface area contributed by atoms with Crippen molar-refractivity contribution in [2.24, 2.45) is 0 Å². The molecule has 7 nitrogen and oxygen atoms in total. The van der Waals surface area contributed by atoms with Gasteiger partial charge in [0, 0.05) is 19.6 Å². The molecule has 1 amide bonds. The Balaban J connectivity index is 1.69. The summed E-state index contributed by atoms with van der Waals surface area (Å²) in [6, 6.07) is 4.84. The average molecular weight is 366 g/mol. The van der Waals surface area contributed by atoms with Crippen LogP contribution in [0.25, 0.3) is 0 Å². The van der Waals surface area contributed by atoms with Gasteiger partial charge in [-0.25, -0.2) is 13.2 Å². The van der Waals surface area contributed by atoms with Crippen LogP contribution in [0.1, 0.15) is 35.2 Å². The van der Waals surface area contributed by atoms with Gasteiger partial charge in [0.1, 0.15) is 0 Å². The van der Waals surface area contributed by atoms with Crippen LogP contribution >= 0.6 is 0 Å². The fourth-order valence-electron chi connectivity index (χ4n) is 3.30. The molecule has 2 aliphatic heterocycles. The highest BCUT2D eigenvalue weighted by Gasteiger charge is 2.25. The van der Waals surface area contributed by atoms with Crippen LogP contribution in [0.15, 0.2) is 18.2 Å². The average Bonchev–Trinajstić information content (AvgIpc) is 3.12. The molecule has 0 radical (unpaired) electrons. The van der Waals surface area contributed by atoms with Gasteiger partial charge in [-0.3, -0.25) is 9.10 Å². The van der Waals surface area contributed by atoms with E-state index in [9.17, 15) is 18.0 Å². The van der Waals surface area contributed by atoms with Crippen LogP contribution in [0.2, 0.25) is 0 Å². The summed E-state index contributed by atoms with van der Waals surface area (Å²) >= 11 is 0. The van der Waals surface area contributed by atoms with Crippen LogP contribution in [0.3, 0.4) is 0 Å². The molecular formula is C17H22N2O5S. The zero-order valence-corrected chi connectivity index (χ0v) is 15.0. The molecule has 3 rings (SSSR count). The second-order valence-corrected chi connectivity index (χ2v) is 8.35. The number of carbonyl (C=O) groups is 2. The molecule has 2 aliphatic rings. The third kappa shape index (κ3) is 3.95. The van der Waals surface area contributed by atoms with Crippen molar-refractivity contribution in [3.63, 3.8) is 0 Å². The van der Waals surface area contributed by atoms with Gasteiger partial charge in [0.15, 0.2) is 6.61 Å². The number of anilines is 1. The van der Waals surface area contributed by atoms with Crippen molar-refractivity contribution in [2.75, 3.05) is 36.8 Å². The van der Waals surface area contributed by atoms with Crippen LogP contribution in [-0.2, 0) is 26.0 Å². The van der Waals surface area contributed by atoms with Crippen molar-refractivity contribution in [3.05, 3.63) is 29.3 Å². The van der Waals surface area contributed by atoms with Crippen molar-refractivity contribution in [1.82, 2.24) is 4.90 Å². The van der Waals surface area contributed by atoms with Gasteiger partial charge in [0.2, 0.25) is 10.0 Å². The molecule has 0 spiro atoms. The predicted molar refractivity (Wildman–Crippen MR) is 93.0 cm³/mol. The molecule has 1 aromatic carbocycles. The predicted octanol–water partition coefficient (Wildman–Crippen LogP) is 1.18. The Labute approximate surface area is 147 Å². The van der Waals surface area contributed by atoms with Gasteiger partial charge in [0.05, 0.1) is 17.5 Å². The molecule has 0 bridgehead atoms. The number of sulfonamides is 1. The van der Waals surface area contributed by atoms with Gasteiger partial charge in [-0.15, -0.1) is 0 Å². The molecule has 1 fully saturated rings. The number of carbonyl (C=O) groups excluding carboxylic acids is 2. The standard InChI is InChI=1S/C17H22N2O5S/c1-25(22,23)19-10-4-5-13-11-14(6-7-15(13)19)17(21)24-12-16(20)18-8-2-3-9-18/h6-7,11H,2-5,8-10,12H2,1H3. The second-order valence-electron chi connectivity index (χ2n) is 6.45. The molecular weight excluding hydrogens is 344 g/mol. The zero-order valence-electron chi connectivity index (χ0n) is 14.2. The van der Waals surface area contributed by atoms with E-state index in [0.717, 1.165) is 31.5 Å². The zero-order chi connectivity index (χ0) is 18.0. The third-order valence-electron chi connectivity index (χ3n) is 4.58. The Morgan fingerprint density at radius 1 is 1.12 bits per heavy atom. The first-order valence-electron chi connectivity index (χ1n) is 8.42. The molecule has 1 aromatic rings. The van der Waals surface area contributed by atoms with Crippen LogP contribution in [0.5, 0.6) is 0 Å². The summed E-state index contributed by atoms with van der Waals surface area (Å²) in [6.07, 6.45) is 4.55. The van der Waals surface area contributed by atoms with Gasteiger partial charge < -0.3 is 9.64 Å². The quantitative estimate of drug-likeness (QED) is 0.747. The van der Waals surface area contributed by atoms with Crippen molar-refractivity contribution in [1.29, 1.82) is 0 Å². The number of hydrogen-bond donors (Lipinski definition) is 0. The van der Waals surface area contributed by atoms with Gasteiger partial charge in [-0.2, -0.15) is 0 Å². The van der Waals surface area contributed by atoms with E-state index >= 15 is 0 Å². The number of esters is 1. The van der Waals surface area contributed by atoms with Gasteiger partial charge >= 0.3 is 5.97 Å². The Morgan fingerprint density at radius 2 is 1.84 bits per heavy atom. The van der Waals surface area contributed by atoms with Crippen LogP contribution < -0.4 is 4.31 Å². The minimum absolute atomic E-state index is 0.174. The normalized spacial score (nSPS) is 17.3. The molecule has 8 heteroatoms. The van der Waals surface area contributed by atoms with Crippen LogP contribution in [0.4, 0.5) is 5.69 Å². The lowest BCUT2D eigenvalue weighted by atomic mass is 10.0. The fraction of sp³-hybridized carbons (Fsp3) is 0.529. The highest BCUT2D eigenvalue weighted by atomic mass is 32.2. The number of aryl methyl sites for hydroxylation is 1. The number of likely N-dealkylation sites (tertiary alicyclic amines) is 1. The lowest BCUT2D eigenvalue weighted by Crippen LogP contribution is -2.34. The summed E-state index contributed by atoms with van der Waals surface area (Å²) in [5.41, 5.74) is 1.75. The van der Waals surface area contributed by atoms with Crippen molar-refractivity contribution in [3.8, 4) is 0 Å². The van der Waals surface area contributed by atoms with Crippen molar-refractivity contribution in [2.45, 2.75) is 25.7 Å². The SMILES string of the molecule is CS(=O)(=O)N1CCCc2cc(C(=O)OCC(=O)N3CCCC3)ccc21. The number of hydrogen-bond acceptors (Lipinski definition) is 5. The lowest BCUT2D eigenvalue weighted by molar-refractivity contribution is -0.133. The van der Waals surface area contributed by atoms with E-state index in [2.05, 4.69) is 0 Å². The number of rotatable bonds is 4.